The lowest BCUT2D eigenvalue weighted by molar-refractivity contribution is 0.709. The number of hydrogen-bond acceptors (Lipinski definition) is 3. The first-order valence-electron chi connectivity index (χ1n) is 7.04. The lowest BCUT2D eigenvalue weighted by atomic mass is 10.2. The summed E-state index contributed by atoms with van der Waals surface area (Å²) in [7, 11) is 0. The van der Waals surface area contributed by atoms with Crippen LogP contribution in [0.5, 0.6) is 0 Å². The van der Waals surface area contributed by atoms with Crippen molar-refractivity contribution >= 4 is 17.7 Å². The number of nitrogens with zero attached hydrogens (tertiary/aromatic N) is 2. The van der Waals surface area contributed by atoms with Crippen LogP contribution < -0.4 is 10.6 Å². The Morgan fingerprint density at radius 2 is 2.15 bits per heavy atom. The molecule has 0 radical (unpaired) electrons. The van der Waals surface area contributed by atoms with Crippen LogP contribution in [0, 0.1) is 0 Å². The molecule has 1 aromatic heterocycles. The van der Waals surface area contributed by atoms with E-state index in [4.69, 9.17) is 0 Å². The van der Waals surface area contributed by atoms with Gasteiger partial charge in [-0.05, 0) is 39.2 Å². The quantitative estimate of drug-likeness (QED) is 0.598. The van der Waals surface area contributed by atoms with Crippen molar-refractivity contribution in [3.05, 3.63) is 30.1 Å². The molecule has 2 N–H and O–H groups in total. The monoisotopic (exact) mass is 294 g/mol. The third-order valence-corrected chi connectivity index (χ3v) is 4.15. The summed E-state index contributed by atoms with van der Waals surface area (Å²) in [6.07, 6.45) is 4.85. The molecule has 0 spiro atoms. The van der Waals surface area contributed by atoms with E-state index in [9.17, 15) is 0 Å². The van der Waals surface area contributed by atoms with Crippen LogP contribution in [0.3, 0.4) is 0 Å². The van der Waals surface area contributed by atoms with Gasteiger partial charge in [-0.3, -0.25) is 9.98 Å². The molecule has 0 saturated carbocycles. The summed E-state index contributed by atoms with van der Waals surface area (Å²) in [5, 5.41) is 6.63. The van der Waals surface area contributed by atoms with Gasteiger partial charge < -0.3 is 10.6 Å². The first kappa shape index (κ1) is 16.8. The highest BCUT2D eigenvalue weighted by atomic mass is 32.2. The van der Waals surface area contributed by atoms with Gasteiger partial charge >= 0.3 is 0 Å². The van der Waals surface area contributed by atoms with E-state index in [2.05, 4.69) is 47.6 Å². The number of aliphatic imine (C=N–C) groups is 1. The normalized spacial score (nSPS) is 12.3. The molecule has 0 atom stereocenters. The number of hydrogen-bond donors (Lipinski definition) is 2. The lowest BCUT2D eigenvalue weighted by Gasteiger charge is -2.20. The van der Waals surface area contributed by atoms with Gasteiger partial charge in [0.15, 0.2) is 5.96 Å². The van der Waals surface area contributed by atoms with Crippen LogP contribution in [0.2, 0.25) is 0 Å². The van der Waals surface area contributed by atoms with Crippen molar-refractivity contribution in [3.63, 3.8) is 0 Å². The molecule has 0 fully saturated rings. The Morgan fingerprint density at radius 1 is 1.35 bits per heavy atom. The zero-order valence-corrected chi connectivity index (χ0v) is 13.8. The second-order valence-electron chi connectivity index (χ2n) is 5.16. The molecule has 5 heteroatoms. The van der Waals surface area contributed by atoms with Gasteiger partial charge in [-0.25, -0.2) is 0 Å². The van der Waals surface area contributed by atoms with Crippen molar-refractivity contribution in [1.82, 2.24) is 15.6 Å². The molecule has 0 saturated heterocycles. The molecule has 1 heterocycles. The number of aromatic nitrogens is 1. The van der Waals surface area contributed by atoms with Crippen molar-refractivity contribution in [3.8, 4) is 0 Å². The Labute approximate surface area is 126 Å². The van der Waals surface area contributed by atoms with Crippen molar-refractivity contribution in [2.24, 2.45) is 4.99 Å². The molecule has 0 unspecified atom stereocenters. The summed E-state index contributed by atoms with van der Waals surface area (Å²) in [5.41, 5.74) is 1.10. The largest absolute Gasteiger partial charge is 0.357 e. The van der Waals surface area contributed by atoms with Gasteiger partial charge in [0.05, 0.1) is 6.54 Å². The Balaban J connectivity index is 2.44. The fourth-order valence-electron chi connectivity index (χ4n) is 1.53. The van der Waals surface area contributed by atoms with Crippen LogP contribution in [-0.2, 0) is 6.42 Å². The minimum atomic E-state index is 0.170. The van der Waals surface area contributed by atoms with E-state index in [-0.39, 0.29) is 4.75 Å². The molecular formula is C15H26N4S. The molecule has 112 valence electrons. The van der Waals surface area contributed by atoms with Gasteiger partial charge in [0.1, 0.15) is 0 Å². The zero-order valence-electron chi connectivity index (χ0n) is 12.9. The molecule has 4 nitrogen and oxygen atoms in total. The summed E-state index contributed by atoms with van der Waals surface area (Å²) >= 11 is 1.84. The van der Waals surface area contributed by atoms with Gasteiger partial charge in [0.25, 0.3) is 0 Å². The van der Waals surface area contributed by atoms with Crippen LogP contribution >= 0.6 is 11.8 Å². The van der Waals surface area contributed by atoms with Crippen LogP contribution in [0.1, 0.15) is 26.5 Å². The highest BCUT2D eigenvalue weighted by Gasteiger charge is 2.15. The van der Waals surface area contributed by atoms with Crippen LogP contribution in [0.15, 0.2) is 29.4 Å². The topological polar surface area (TPSA) is 49.3 Å². The van der Waals surface area contributed by atoms with Crippen LogP contribution in [-0.4, -0.2) is 41.6 Å². The van der Waals surface area contributed by atoms with Gasteiger partial charge in [0.2, 0.25) is 0 Å². The maximum Gasteiger partial charge on any atom is 0.191 e. The molecular weight excluding hydrogens is 268 g/mol. The Hall–Kier alpha value is -1.23. The third kappa shape index (κ3) is 6.80. The van der Waals surface area contributed by atoms with E-state index >= 15 is 0 Å². The number of nitrogens with one attached hydrogen (secondary N) is 2. The first-order chi connectivity index (χ1) is 9.57. The van der Waals surface area contributed by atoms with Crippen molar-refractivity contribution in [2.45, 2.75) is 31.9 Å². The second-order valence-corrected chi connectivity index (χ2v) is 6.67. The SMILES string of the molecule is CCNC(=NCC(C)(C)SC)NCCc1ccccn1. The average molecular weight is 294 g/mol. The summed E-state index contributed by atoms with van der Waals surface area (Å²) < 4.78 is 0.170. The maximum atomic E-state index is 4.64. The molecule has 0 aliphatic carbocycles. The zero-order chi connectivity index (χ0) is 14.8. The minimum absolute atomic E-state index is 0.170. The van der Waals surface area contributed by atoms with E-state index in [1.165, 1.54) is 0 Å². The van der Waals surface area contributed by atoms with Gasteiger partial charge in [-0.15, -0.1) is 0 Å². The summed E-state index contributed by atoms with van der Waals surface area (Å²) in [6, 6.07) is 6.00. The number of thioether (sulfide) groups is 1. The van der Waals surface area contributed by atoms with Crippen molar-refractivity contribution < 1.29 is 0 Å². The molecule has 0 aliphatic heterocycles. The Morgan fingerprint density at radius 3 is 2.75 bits per heavy atom. The highest BCUT2D eigenvalue weighted by molar-refractivity contribution is 7.99. The van der Waals surface area contributed by atoms with Crippen molar-refractivity contribution in [2.75, 3.05) is 25.9 Å². The molecule has 0 bridgehead atoms. The predicted molar refractivity (Wildman–Crippen MR) is 89.5 cm³/mol. The van der Waals surface area contributed by atoms with Gasteiger partial charge in [-0.1, -0.05) is 6.07 Å². The predicted octanol–water partition coefficient (Wildman–Crippen LogP) is 2.32. The molecule has 0 aliphatic rings. The van der Waals surface area contributed by atoms with Gasteiger partial charge in [0, 0.05) is 36.1 Å². The molecule has 1 aromatic rings. The molecule has 20 heavy (non-hydrogen) atoms. The van der Waals surface area contributed by atoms with E-state index in [1.807, 2.05) is 36.2 Å². The average Bonchev–Trinajstić information content (AvgIpc) is 2.46. The lowest BCUT2D eigenvalue weighted by Crippen LogP contribution is -2.39. The number of pyridine rings is 1. The van der Waals surface area contributed by atoms with Crippen LogP contribution in [0.25, 0.3) is 0 Å². The summed E-state index contributed by atoms with van der Waals surface area (Å²) in [4.78, 5) is 8.96. The van der Waals surface area contributed by atoms with E-state index in [0.29, 0.717) is 0 Å². The smallest absolute Gasteiger partial charge is 0.191 e. The van der Waals surface area contributed by atoms with Gasteiger partial charge in [-0.2, -0.15) is 11.8 Å². The van der Waals surface area contributed by atoms with Crippen molar-refractivity contribution in [1.29, 1.82) is 0 Å². The van der Waals surface area contributed by atoms with E-state index in [0.717, 1.165) is 37.7 Å². The van der Waals surface area contributed by atoms with E-state index < -0.39 is 0 Å². The van der Waals surface area contributed by atoms with E-state index in [1.54, 1.807) is 0 Å². The van der Waals surface area contributed by atoms with Crippen LogP contribution in [0.4, 0.5) is 0 Å². The molecule has 0 aromatic carbocycles. The highest BCUT2D eigenvalue weighted by Crippen LogP contribution is 2.20. The minimum Gasteiger partial charge on any atom is -0.357 e. The summed E-state index contributed by atoms with van der Waals surface area (Å²) in [6.45, 7) is 9.00. The second kappa shape index (κ2) is 8.84. The number of rotatable bonds is 7. The standard InChI is InChI=1S/C15H26N4S/c1-5-16-14(19-12-15(2,3)20-4)18-11-9-13-8-6-7-10-17-13/h6-8,10H,5,9,11-12H2,1-4H3,(H2,16,18,19). The number of guanidine groups is 1. The third-order valence-electron chi connectivity index (χ3n) is 2.91. The fraction of sp³-hybridized carbons (Fsp3) is 0.600. The molecule has 1 rings (SSSR count). The molecule has 0 amide bonds. The Kier molecular flexibility index (Phi) is 7.44. The Bertz CT molecular complexity index is 404. The fourth-order valence-corrected chi connectivity index (χ4v) is 1.72. The maximum absolute atomic E-state index is 4.64. The first-order valence-corrected chi connectivity index (χ1v) is 8.27. The summed E-state index contributed by atoms with van der Waals surface area (Å²) in [5.74, 6) is 0.880.